The van der Waals surface area contributed by atoms with Gasteiger partial charge in [-0.1, -0.05) is 86.3 Å². The SMILES string of the molecule is ClC(CC1CCC(CC(Cl)NCc2ccccc2)CC1)NCc1ccccc1. The fourth-order valence-electron chi connectivity index (χ4n) is 4.10. The highest BCUT2D eigenvalue weighted by Gasteiger charge is 2.24. The molecule has 0 saturated heterocycles. The predicted molar refractivity (Wildman–Crippen MR) is 121 cm³/mol. The minimum absolute atomic E-state index is 0.0510. The summed E-state index contributed by atoms with van der Waals surface area (Å²) in [5.74, 6) is 1.46. The summed E-state index contributed by atoms with van der Waals surface area (Å²) >= 11 is 13.1. The number of halogens is 2. The molecule has 0 heterocycles. The summed E-state index contributed by atoms with van der Waals surface area (Å²) in [4.78, 5) is 0. The van der Waals surface area contributed by atoms with Gasteiger partial charge < -0.3 is 0 Å². The monoisotopic (exact) mass is 418 g/mol. The molecule has 2 nitrogen and oxygen atoms in total. The van der Waals surface area contributed by atoms with Gasteiger partial charge in [0.2, 0.25) is 0 Å². The van der Waals surface area contributed by atoms with Crippen LogP contribution in [0.2, 0.25) is 0 Å². The quantitative estimate of drug-likeness (QED) is 0.350. The molecule has 3 rings (SSSR count). The van der Waals surface area contributed by atoms with Crippen LogP contribution in [0.15, 0.2) is 60.7 Å². The zero-order valence-electron chi connectivity index (χ0n) is 16.5. The summed E-state index contributed by atoms with van der Waals surface area (Å²) in [5, 5.41) is 6.91. The van der Waals surface area contributed by atoms with Crippen LogP contribution in [0.4, 0.5) is 0 Å². The number of hydrogen-bond acceptors (Lipinski definition) is 2. The number of alkyl halides is 2. The first-order chi connectivity index (χ1) is 13.7. The molecule has 1 aliphatic rings. The maximum Gasteiger partial charge on any atom is 0.0830 e. The number of hydrogen-bond donors (Lipinski definition) is 2. The lowest BCUT2D eigenvalue weighted by Gasteiger charge is -2.31. The minimum atomic E-state index is 0.0510. The predicted octanol–water partition coefficient (Wildman–Crippen LogP) is 6.28. The molecule has 2 atom stereocenters. The highest BCUT2D eigenvalue weighted by Crippen LogP contribution is 2.34. The maximum atomic E-state index is 6.54. The third-order valence-electron chi connectivity index (χ3n) is 5.79. The van der Waals surface area contributed by atoms with Gasteiger partial charge in [0.05, 0.1) is 11.0 Å². The first kappa shape index (κ1) is 21.6. The molecule has 0 aliphatic heterocycles. The average molecular weight is 419 g/mol. The Morgan fingerprint density at radius 2 is 1.00 bits per heavy atom. The highest BCUT2D eigenvalue weighted by atomic mass is 35.5. The van der Waals surface area contributed by atoms with Crippen LogP contribution < -0.4 is 10.6 Å². The Morgan fingerprint density at radius 3 is 1.36 bits per heavy atom. The van der Waals surface area contributed by atoms with Crippen molar-refractivity contribution < 1.29 is 0 Å². The van der Waals surface area contributed by atoms with E-state index >= 15 is 0 Å². The molecule has 152 valence electrons. The molecular weight excluding hydrogens is 387 g/mol. The first-order valence-electron chi connectivity index (χ1n) is 10.5. The zero-order chi connectivity index (χ0) is 19.6. The van der Waals surface area contributed by atoms with E-state index in [-0.39, 0.29) is 11.0 Å². The molecule has 4 heteroatoms. The Bertz CT molecular complexity index is 597. The van der Waals surface area contributed by atoms with Crippen molar-refractivity contribution >= 4 is 23.2 Å². The summed E-state index contributed by atoms with van der Waals surface area (Å²) in [7, 11) is 0. The van der Waals surface area contributed by atoms with Crippen LogP contribution in [0.1, 0.15) is 49.7 Å². The Balaban J connectivity index is 1.29. The van der Waals surface area contributed by atoms with E-state index in [2.05, 4.69) is 59.2 Å². The van der Waals surface area contributed by atoms with Crippen molar-refractivity contribution in [3.8, 4) is 0 Å². The molecule has 0 amide bonds. The molecule has 2 aromatic carbocycles. The van der Waals surface area contributed by atoms with Crippen LogP contribution in [0.25, 0.3) is 0 Å². The van der Waals surface area contributed by atoms with E-state index < -0.39 is 0 Å². The van der Waals surface area contributed by atoms with E-state index in [1.165, 1.54) is 36.8 Å². The molecule has 0 spiro atoms. The summed E-state index contributed by atoms with van der Waals surface area (Å²) in [6.45, 7) is 1.68. The second-order valence-corrected chi connectivity index (χ2v) is 9.08. The summed E-state index contributed by atoms with van der Waals surface area (Å²) in [6.07, 6.45) is 7.17. The van der Waals surface area contributed by atoms with Gasteiger partial charge in [-0.25, -0.2) is 0 Å². The van der Waals surface area contributed by atoms with Crippen LogP contribution in [0, 0.1) is 11.8 Å². The van der Waals surface area contributed by atoms with Crippen LogP contribution in [0.5, 0.6) is 0 Å². The largest absolute Gasteiger partial charge is 0.297 e. The smallest absolute Gasteiger partial charge is 0.0830 e. The zero-order valence-corrected chi connectivity index (χ0v) is 18.0. The molecule has 2 N–H and O–H groups in total. The van der Waals surface area contributed by atoms with Crippen LogP contribution >= 0.6 is 23.2 Å². The fourth-order valence-corrected chi connectivity index (χ4v) is 4.76. The molecule has 0 radical (unpaired) electrons. The lowest BCUT2D eigenvalue weighted by molar-refractivity contribution is 0.241. The standard InChI is InChI=1S/C24H32Cl2N2/c25-23(27-17-21-7-3-1-4-8-21)15-19-11-13-20(14-12-19)16-24(26)28-18-22-9-5-2-6-10-22/h1-10,19-20,23-24,27-28H,11-18H2. The van der Waals surface area contributed by atoms with E-state index in [0.717, 1.165) is 37.8 Å². The Labute approximate surface area is 180 Å². The van der Waals surface area contributed by atoms with E-state index in [1.807, 2.05) is 12.1 Å². The molecule has 1 saturated carbocycles. The molecule has 1 aliphatic carbocycles. The van der Waals surface area contributed by atoms with E-state index in [1.54, 1.807) is 0 Å². The van der Waals surface area contributed by atoms with Gasteiger partial charge in [0, 0.05) is 13.1 Å². The number of rotatable bonds is 10. The van der Waals surface area contributed by atoms with Crippen molar-refractivity contribution in [1.82, 2.24) is 10.6 Å². The van der Waals surface area contributed by atoms with Gasteiger partial charge >= 0.3 is 0 Å². The van der Waals surface area contributed by atoms with Gasteiger partial charge in [0.1, 0.15) is 0 Å². The third-order valence-corrected chi connectivity index (χ3v) is 6.45. The summed E-state index contributed by atoms with van der Waals surface area (Å²) in [6, 6.07) is 20.9. The van der Waals surface area contributed by atoms with Crippen molar-refractivity contribution in [3.05, 3.63) is 71.8 Å². The van der Waals surface area contributed by atoms with E-state index in [4.69, 9.17) is 23.2 Å². The maximum absolute atomic E-state index is 6.54. The van der Waals surface area contributed by atoms with Crippen LogP contribution in [0.3, 0.4) is 0 Å². The lowest BCUT2D eigenvalue weighted by atomic mass is 9.79. The van der Waals surface area contributed by atoms with Gasteiger partial charge in [-0.3, -0.25) is 10.6 Å². The summed E-state index contributed by atoms with van der Waals surface area (Å²) < 4.78 is 0. The van der Waals surface area contributed by atoms with Crippen LogP contribution in [-0.4, -0.2) is 11.0 Å². The molecular formula is C24H32Cl2N2. The first-order valence-corrected chi connectivity index (χ1v) is 11.4. The Kier molecular flexibility index (Phi) is 9.14. The van der Waals surface area contributed by atoms with Gasteiger partial charge in [-0.15, -0.1) is 23.2 Å². The van der Waals surface area contributed by atoms with Gasteiger partial charge in [0.25, 0.3) is 0 Å². The molecule has 2 unspecified atom stereocenters. The van der Waals surface area contributed by atoms with E-state index in [0.29, 0.717) is 0 Å². The molecule has 2 aromatic rings. The van der Waals surface area contributed by atoms with Crippen molar-refractivity contribution in [2.24, 2.45) is 11.8 Å². The number of benzene rings is 2. The topological polar surface area (TPSA) is 24.1 Å². The average Bonchev–Trinajstić information content (AvgIpc) is 2.74. The minimum Gasteiger partial charge on any atom is -0.297 e. The van der Waals surface area contributed by atoms with Gasteiger partial charge in [-0.2, -0.15) is 0 Å². The van der Waals surface area contributed by atoms with Crippen molar-refractivity contribution in [1.29, 1.82) is 0 Å². The molecule has 1 fully saturated rings. The normalized spacial score (nSPS) is 21.9. The summed E-state index contributed by atoms with van der Waals surface area (Å²) in [5.41, 5.74) is 2.67. The van der Waals surface area contributed by atoms with Gasteiger partial charge in [0.15, 0.2) is 0 Å². The second kappa shape index (κ2) is 11.8. The number of nitrogens with one attached hydrogen (secondary N) is 2. The van der Waals surface area contributed by atoms with E-state index in [9.17, 15) is 0 Å². The second-order valence-electron chi connectivity index (χ2n) is 8.03. The third kappa shape index (κ3) is 7.75. The fraction of sp³-hybridized carbons (Fsp3) is 0.500. The molecule has 0 aromatic heterocycles. The highest BCUT2D eigenvalue weighted by molar-refractivity contribution is 6.20. The van der Waals surface area contributed by atoms with Crippen LogP contribution in [-0.2, 0) is 13.1 Å². The Morgan fingerprint density at radius 1 is 0.643 bits per heavy atom. The van der Waals surface area contributed by atoms with Crippen molar-refractivity contribution in [2.75, 3.05) is 0 Å². The lowest BCUT2D eigenvalue weighted by Crippen LogP contribution is -2.29. The van der Waals surface area contributed by atoms with Crippen molar-refractivity contribution in [2.45, 2.75) is 62.6 Å². The Hall–Kier alpha value is -1.06. The van der Waals surface area contributed by atoms with Gasteiger partial charge in [-0.05, 0) is 35.8 Å². The molecule has 28 heavy (non-hydrogen) atoms. The molecule has 0 bridgehead atoms. The van der Waals surface area contributed by atoms with Crippen molar-refractivity contribution in [3.63, 3.8) is 0 Å².